The van der Waals surface area contributed by atoms with Gasteiger partial charge in [-0.1, -0.05) is 47.1 Å². The van der Waals surface area contributed by atoms with Crippen LogP contribution in [0.5, 0.6) is 0 Å². The quantitative estimate of drug-likeness (QED) is 0.286. The van der Waals surface area contributed by atoms with Gasteiger partial charge in [-0.05, 0) is 30.3 Å². The number of aromatic nitrogens is 1. The van der Waals surface area contributed by atoms with Crippen LogP contribution in [-0.2, 0) is 0 Å². The van der Waals surface area contributed by atoms with Crippen LogP contribution in [0, 0.1) is 0 Å². The topological polar surface area (TPSA) is 97.5 Å². The fourth-order valence-electron chi connectivity index (χ4n) is 1.96. The molecule has 0 amide bonds. The van der Waals surface area contributed by atoms with E-state index in [4.69, 9.17) is 28.3 Å². The summed E-state index contributed by atoms with van der Waals surface area (Å²) in [6.45, 7) is 0. The van der Waals surface area contributed by atoms with Crippen LogP contribution < -0.4 is 11.5 Å². The van der Waals surface area contributed by atoms with Crippen molar-refractivity contribution >= 4 is 28.7 Å². The molecule has 0 saturated carbocycles. The van der Waals surface area contributed by atoms with Crippen molar-refractivity contribution in [2.75, 3.05) is 11.5 Å². The van der Waals surface area contributed by atoms with Gasteiger partial charge in [0, 0.05) is 39.9 Å². The summed E-state index contributed by atoms with van der Waals surface area (Å²) in [5.41, 5.74) is 14.3. The number of nitrogens with two attached hydrogens (primary N) is 2. The van der Waals surface area contributed by atoms with Gasteiger partial charge >= 0.3 is 0 Å². The third kappa shape index (κ3) is 4.72. The number of anilines is 2. The highest BCUT2D eigenvalue weighted by Gasteiger charge is 2.11. The van der Waals surface area contributed by atoms with Gasteiger partial charge in [0.15, 0.2) is 0 Å². The Hall–Kier alpha value is -3.05. The zero-order valence-electron chi connectivity index (χ0n) is 12.8. The number of nitrogen functional groups attached to an aromatic ring is 2. The number of oxime groups is 1. The lowest BCUT2D eigenvalue weighted by Crippen LogP contribution is -2.06. The van der Waals surface area contributed by atoms with E-state index >= 15 is 0 Å². The summed E-state index contributed by atoms with van der Waals surface area (Å²) in [7, 11) is 0. The fourth-order valence-corrected chi connectivity index (χ4v) is 2.13. The van der Waals surface area contributed by atoms with E-state index in [1.165, 1.54) is 0 Å². The minimum atomic E-state index is 0.408. The molecule has 0 unspecified atom stereocenters. The monoisotopic (exact) mass is 340 g/mol. The molecule has 0 radical (unpaired) electrons. The molecule has 122 valence electrons. The van der Waals surface area contributed by atoms with Crippen LogP contribution in [0.2, 0.25) is 5.02 Å². The molecule has 6 heteroatoms. The average molecular weight is 341 g/mol. The molecule has 2 aromatic carbocycles. The summed E-state index contributed by atoms with van der Waals surface area (Å²) in [6, 6.07) is 17.9. The van der Waals surface area contributed by atoms with Crippen LogP contribution in [0.25, 0.3) is 0 Å². The highest BCUT2D eigenvalue weighted by Crippen LogP contribution is 2.21. The summed E-state index contributed by atoms with van der Waals surface area (Å²) in [4.78, 5) is 3.77. The lowest BCUT2D eigenvalue weighted by Gasteiger charge is -2.08. The van der Waals surface area contributed by atoms with Gasteiger partial charge in [-0.3, -0.25) is 4.98 Å². The molecule has 5 N–H and O–H groups in total. The summed E-state index contributed by atoms with van der Waals surface area (Å²) in [5.74, 6) is 0. The first-order valence-electron chi connectivity index (χ1n) is 7.10. The fraction of sp³-hybridized carbons (Fsp3) is 0. The van der Waals surface area contributed by atoms with E-state index < -0.39 is 0 Å². The normalized spacial score (nSPS) is 10.6. The average Bonchev–Trinajstić information content (AvgIpc) is 2.61. The van der Waals surface area contributed by atoms with Gasteiger partial charge < -0.3 is 16.7 Å². The minimum absolute atomic E-state index is 0.408. The van der Waals surface area contributed by atoms with Gasteiger partial charge in [0.05, 0.1) is 0 Å². The van der Waals surface area contributed by atoms with Gasteiger partial charge in [0.2, 0.25) is 0 Å². The minimum Gasteiger partial charge on any atom is -0.410 e. The molecule has 0 aliphatic carbocycles. The van der Waals surface area contributed by atoms with Crippen LogP contribution in [0.1, 0.15) is 11.1 Å². The van der Waals surface area contributed by atoms with Crippen molar-refractivity contribution in [3.05, 3.63) is 89.2 Å². The first-order chi connectivity index (χ1) is 11.6. The first-order valence-corrected chi connectivity index (χ1v) is 7.48. The predicted molar refractivity (Wildman–Crippen MR) is 98.4 cm³/mol. The summed E-state index contributed by atoms with van der Waals surface area (Å²) >= 11 is 5.91. The molecule has 0 bridgehead atoms. The molecular formula is C18H17ClN4O. The highest BCUT2D eigenvalue weighted by atomic mass is 35.5. The molecule has 1 aromatic heterocycles. The Labute approximate surface area is 145 Å². The van der Waals surface area contributed by atoms with Crippen LogP contribution in [0.4, 0.5) is 11.4 Å². The second kappa shape index (κ2) is 8.55. The summed E-state index contributed by atoms with van der Waals surface area (Å²) < 4.78 is 0. The number of hydrogen-bond acceptors (Lipinski definition) is 5. The molecule has 0 atom stereocenters. The zero-order valence-corrected chi connectivity index (χ0v) is 13.6. The third-order valence-corrected chi connectivity index (χ3v) is 3.36. The van der Waals surface area contributed by atoms with Crippen molar-refractivity contribution in [2.45, 2.75) is 0 Å². The van der Waals surface area contributed by atoms with Crippen molar-refractivity contribution in [3.8, 4) is 0 Å². The first kappa shape index (κ1) is 17.3. The Morgan fingerprint density at radius 3 is 2.17 bits per heavy atom. The molecule has 0 spiro atoms. The lowest BCUT2D eigenvalue weighted by molar-refractivity contribution is 0.319. The van der Waals surface area contributed by atoms with Crippen LogP contribution in [0.15, 0.2) is 78.2 Å². The summed E-state index contributed by atoms with van der Waals surface area (Å²) in [6.07, 6.45) is 3.32. The zero-order chi connectivity index (χ0) is 17.4. The maximum Gasteiger partial charge on any atom is 0.119 e. The van der Waals surface area contributed by atoms with Crippen molar-refractivity contribution in [2.24, 2.45) is 5.16 Å². The molecule has 0 aliphatic rings. The van der Waals surface area contributed by atoms with Crippen molar-refractivity contribution < 1.29 is 5.21 Å². The van der Waals surface area contributed by atoms with E-state index in [0.717, 1.165) is 11.3 Å². The molecule has 3 aromatic rings. The maximum absolute atomic E-state index is 9.14. The van der Waals surface area contributed by atoms with Crippen LogP contribution in [0.3, 0.4) is 0 Å². The van der Waals surface area contributed by atoms with E-state index in [2.05, 4.69) is 10.1 Å². The Bertz CT molecular complexity index is 808. The van der Waals surface area contributed by atoms with E-state index in [-0.39, 0.29) is 0 Å². The number of nitrogens with zero attached hydrogens (tertiary/aromatic N) is 2. The Morgan fingerprint density at radius 2 is 1.62 bits per heavy atom. The summed E-state index contributed by atoms with van der Waals surface area (Å²) in [5, 5.41) is 13.0. The molecule has 1 heterocycles. The number of benzene rings is 2. The Morgan fingerprint density at radius 1 is 0.958 bits per heavy atom. The van der Waals surface area contributed by atoms with Gasteiger partial charge in [-0.15, -0.1) is 0 Å². The van der Waals surface area contributed by atoms with Crippen molar-refractivity contribution in [1.29, 1.82) is 0 Å². The second-order valence-corrected chi connectivity index (χ2v) is 5.26. The van der Waals surface area contributed by atoms with Gasteiger partial charge in [0.25, 0.3) is 0 Å². The number of pyridine rings is 1. The van der Waals surface area contributed by atoms with Gasteiger partial charge in [0.1, 0.15) is 5.71 Å². The Kier molecular flexibility index (Phi) is 6.16. The highest BCUT2D eigenvalue weighted by molar-refractivity contribution is 6.31. The SMILES string of the molecule is Nc1ccc(Cl)cc1/C(=N/O)c1ccccc1.Nc1ccncc1. The smallest absolute Gasteiger partial charge is 0.119 e. The number of halogens is 1. The molecule has 0 fully saturated rings. The number of hydrogen-bond donors (Lipinski definition) is 3. The maximum atomic E-state index is 9.14. The standard InChI is InChI=1S/C13H11ClN2O.C5H6N2/c14-10-6-7-12(15)11(8-10)13(16-17)9-4-2-1-3-5-9;6-5-1-3-7-4-2-5/h1-8,17H,15H2;1-4H,(H2,6,7)/b16-13+;. The van der Waals surface area contributed by atoms with Gasteiger partial charge in [-0.25, -0.2) is 0 Å². The second-order valence-electron chi connectivity index (χ2n) is 4.83. The molecule has 0 aliphatic heterocycles. The van der Waals surface area contributed by atoms with Crippen LogP contribution in [-0.4, -0.2) is 15.9 Å². The van der Waals surface area contributed by atoms with Crippen molar-refractivity contribution in [3.63, 3.8) is 0 Å². The van der Waals surface area contributed by atoms with Gasteiger partial charge in [-0.2, -0.15) is 0 Å². The molecule has 24 heavy (non-hydrogen) atoms. The van der Waals surface area contributed by atoms with E-state index in [1.807, 2.05) is 30.3 Å². The predicted octanol–water partition coefficient (Wildman–Crippen LogP) is 3.81. The third-order valence-electron chi connectivity index (χ3n) is 3.12. The van der Waals surface area contributed by atoms with Crippen molar-refractivity contribution in [1.82, 2.24) is 4.98 Å². The van der Waals surface area contributed by atoms with E-state index in [1.54, 1.807) is 42.7 Å². The molecule has 0 saturated heterocycles. The van der Waals surface area contributed by atoms with Crippen LogP contribution >= 0.6 is 11.6 Å². The molecular weight excluding hydrogens is 324 g/mol. The largest absolute Gasteiger partial charge is 0.410 e. The van der Waals surface area contributed by atoms with E-state index in [9.17, 15) is 0 Å². The molecule has 3 rings (SSSR count). The number of rotatable bonds is 2. The lowest BCUT2D eigenvalue weighted by atomic mass is 10.0. The Balaban J connectivity index is 0.000000249. The molecule has 5 nitrogen and oxygen atoms in total. The van der Waals surface area contributed by atoms with E-state index in [0.29, 0.717) is 22.0 Å².